The molecule has 1 unspecified atom stereocenters. The lowest BCUT2D eigenvalue weighted by Gasteiger charge is -2.13. The van der Waals surface area contributed by atoms with Crippen LogP contribution in [0.15, 0.2) is 119 Å². The van der Waals surface area contributed by atoms with Crippen molar-refractivity contribution in [2.24, 2.45) is 5.92 Å². The van der Waals surface area contributed by atoms with E-state index in [0.29, 0.717) is 12.5 Å². The number of rotatable bonds is 6. The Morgan fingerprint density at radius 3 is 2.35 bits per heavy atom. The van der Waals surface area contributed by atoms with Crippen molar-refractivity contribution in [3.8, 4) is 0 Å². The molecule has 6 rings (SSSR count). The number of aryl methyl sites for hydroxylation is 1. The van der Waals surface area contributed by atoms with Crippen LogP contribution in [0.1, 0.15) is 42.1 Å². The molecule has 1 atom stereocenters. The lowest BCUT2D eigenvalue weighted by Crippen LogP contribution is -2.38. The highest BCUT2D eigenvalue weighted by Crippen LogP contribution is 2.41. The maximum Gasteiger partial charge on any atom is 0.270 e. The summed E-state index contributed by atoms with van der Waals surface area (Å²) >= 11 is 3.46. The van der Waals surface area contributed by atoms with Gasteiger partial charge in [-0.25, -0.2) is 0 Å². The Bertz CT molecular complexity index is 1790. The topological polar surface area (TPSA) is 25.9 Å². The Morgan fingerprint density at radius 1 is 0.875 bits per heavy atom. The predicted molar refractivity (Wildman–Crippen MR) is 167 cm³/mol. The molecule has 3 nitrogen and oxygen atoms in total. The van der Waals surface area contributed by atoms with Crippen molar-refractivity contribution in [1.29, 1.82) is 0 Å². The molecular weight excluding hydrogens is 529 g/mol. The van der Waals surface area contributed by atoms with Gasteiger partial charge in [-0.1, -0.05) is 97.5 Å². The van der Waals surface area contributed by atoms with Crippen LogP contribution in [0.2, 0.25) is 0 Å². The van der Waals surface area contributed by atoms with Crippen LogP contribution in [-0.2, 0) is 19.5 Å². The Balaban J connectivity index is 1.54. The van der Waals surface area contributed by atoms with Crippen molar-refractivity contribution < 1.29 is 4.57 Å². The second kappa shape index (κ2) is 12.2. The molecule has 2 aromatic heterocycles. The van der Waals surface area contributed by atoms with E-state index >= 15 is 0 Å². The van der Waals surface area contributed by atoms with Crippen LogP contribution < -0.4 is 19.3 Å². The van der Waals surface area contributed by atoms with Crippen LogP contribution >= 0.6 is 23.1 Å². The quantitative estimate of drug-likeness (QED) is 0.238. The number of nitrogens with zero attached hydrogens (tertiary/aromatic N) is 2. The van der Waals surface area contributed by atoms with Gasteiger partial charge in [0, 0.05) is 33.6 Å². The van der Waals surface area contributed by atoms with Crippen LogP contribution in [0.4, 0.5) is 0 Å². The van der Waals surface area contributed by atoms with E-state index in [1.54, 1.807) is 11.3 Å². The first-order chi connectivity index (χ1) is 19.7. The van der Waals surface area contributed by atoms with E-state index in [4.69, 9.17) is 0 Å². The van der Waals surface area contributed by atoms with Crippen molar-refractivity contribution >= 4 is 34.1 Å². The number of thiazole rings is 1. The zero-order chi connectivity index (χ0) is 27.3. The van der Waals surface area contributed by atoms with Gasteiger partial charge in [-0.2, -0.15) is 4.57 Å². The van der Waals surface area contributed by atoms with E-state index in [1.807, 2.05) is 40.6 Å². The van der Waals surface area contributed by atoms with Crippen LogP contribution in [-0.4, -0.2) is 4.57 Å². The van der Waals surface area contributed by atoms with Gasteiger partial charge in [-0.05, 0) is 48.4 Å². The van der Waals surface area contributed by atoms with Gasteiger partial charge in [-0.3, -0.25) is 9.36 Å². The third-order valence-electron chi connectivity index (χ3n) is 7.58. The highest BCUT2D eigenvalue weighted by atomic mass is 32.2. The summed E-state index contributed by atoms with van der Waals surface area (Å²) in [6.45, 7) is 3.58. The van der Waals surface area contributed by atoms with E-state index in [-0.39, 0.29) is 5.56 Å². The summed E-state index contributed by atoms with van der Waals surface area (Å²) in [6, 6.07) is 35.8. The molecular formula is C35H33N2OS2+. The van der Waals surface area contributed by atoms with Gasteiger partial charge in [0.25, 0.3) is 5.56 Å². The van der Waals surface area contributed by atoms with Gasteiger partial charge in [0.15, 0.2) is 12.7 Å². The van der Waals surface area contributed by atoms with E-state index < -0.39 is 0 Å². The third-order valence-corrected chi connectivity index (χ3v) is 10.2. The summed E-state index contributed by atoms with van der Waals surface area (Å²) in [5, 5.41) is 0. The van der Waals surface area contributed by atoms with Gasteiger partial charge in [0.1, 0.15) is 9.20 Å². The Hall–Kier alpha value is -3.67. The summed E-state index contributed by atoms with van der Waals surface area (Å²) in [7, 11) is 0. The Morgan fingerprint density at radius 2 is 1.57 bits per heavy atom. The SMILES string of the molecule is CCC1CCc2ccccc2SC1=c1sc(=Cc2cccc[n+]2Cc2ccccc2)n(Cc2ccccc2)c1=O. The molecule has 0 saturated heterocycles. The van der Waals surface area contributed by atoms with Gasteiger partial charge < -0.3 is 0 Å². The van der Waals surface area contributed by atoms with Crippen molar-refractivity contribution in [3.63, 3.8) is 0 Å². The van der Waals surface area contributed by atoms with Crippen molar-refractivity contribution in [3.05, 3.63) is 151 Å². The van der Waals surface area contributed by atoms with Gasteiger partial charge in [0.2, 0.25) is 5.69 Å². The van der Waals surface area contributed by atoms with Crippen molar-refractivity contribution in [2.75, 3.05) is 0 Å². The fourth-order valence-corrected chi connectivity index (χ4v) is 8.05. The number of pyridine rings is 1. The molecule has 0 N–H and O–H groups in total. The lowest BCUT2D eigenvalue weighted by atomic mass is 9.97. The van der Waals surface area contributed by atoms with Gasteiger partial charge in [0.05, 0.1) is 6.54 Å². The van der Waals surface area contributed by atoms with Crippen molar-refractivity contribution in [1.82, 2.24) is 4.57 Å². The van der Waals surface area contributed by atoms with Crippen LogP contribution in [0, 0.1) is 5.92 Å². The predicted octanol–water partition coefficient (Wildman–Crippen LogP) is 6.00. The van der Waals surface area contributed by atoms with E-state index in [9.17, 15) is 4.79 Å². The number of aromatic nitrogens is 2. The molecule has 0 saturated carbocycles. The molecule has 1 aliphatic heterocycles. The molecule has 5 aromatic rings. The summed E-state index contributed by atoms with van der Waals surface area (Å²) in [5.41, 5.74) is 4.96. The summed E-state index contributed by atoms with van der Waals surface area (Å²) < 4.78 is 6.11. The van der Waals surface area contributed by atoms with Gasteiger partial charge in [-0.15, -0.1) is 11.3 Å². The fourth-order valence-electron chi connectivity index (χ4n) is 5.37. The Kier molecular flexibility index (Phi) is 8.12. The minimum absolute atomic E-state index is 0.117. The third kappa shape index (κ3) is 5.77. The zero-order valence-corrected chi connectivity index (χ0v) is 24.3. The largest absolute Gasteiger partial charge is 0.294 e. The molecule has 0 spiro atoms. The molecule has 0 radical (unpaired) electrons. The second-order valence-electron chi connectivity index (χ2n) is 10.2. The first-order valence-corrected chi connectivity index (χ1v) is 15.6. The summed E-state index contributed by atoms with van der Waals surface area (Å²) in [4.78, 5) is 16.8. The maximum absolute atomic E-state index is 14.3. The highest BCUT2D eigenvalue weighted by Gasteiger charge is 2.23. The lowest BCUT2D eigenvalue weighted by molar-refractivity contribution is -0.690. The van der Waals surface area contributed by atoms with E-state index in [2.05, 4.69) is 103 Å². The number of fused-ring (bicyclic) bond motifs is 1. The number of hydrogen-bond donors (Lipinski definition) is 0. The van der Waals surface area contributed by atoms with Crippen LogP contribution in [0.25, 0.3) is 11.0 Å². The zero-order valence-electron chi connectivity index (χ0n) is 22.7. The summed E-state index contributed by atoms with van der Waals surface area (Å²) in [5.74, 6) is 0.376. The molecule has 0 aliphatic carbocycles. The molecule has 0 bridgehead atoms. The molecule has 1 aliphatic rings. The average Bonchev–Trinajstić information content (AvgIpc) is 3.17. The average molecular weight is 562 g/mol. The van der Waals surface area contributed by atoms with E-state index in [1.165, 1.54) is 20.9 Å². The van der Waals surface area contributed by atoms with Crippen molar-refractivity contribution in [2.45, 2.75) is 44.2 Å². The minimum Gasteiger partial charge on any atom is -0.294 e. The molecule has 5 heteroatoms. The smallest absolute Gasteiger partial charge is 0.270 e. The van der Waals surface area contributed by atoms with Crippen LogP contribution in [0.5, 0.6) is 0 Å². The first-order valence-electron chi connectivity index (χ1n) is 14.0. The highest BCUT2D eigenvalue weighted by molar-refractivity contribution is 8.08. The second-order valence-corrected chi connectivity index (χ2v) is 12.4. The number of hydrogen-bond acceptors (Lipinski definition) is 3. The normalized spacial score (nSPS) is 16.9. The molecule has 3 heterocycles. The molecule has 0 fully saturated rings. The van der Waals surface area contributed by atoms with Gasteiger partial charge >= 0.3 is 0 Å². The molecule has 40 heavy (non-hydrogen) atoms. The molecule has 3 aromatic carbocycles. The monoisotopic (exact) mass is 561 g/mol. The van der Waals surface area contributed by atoms with E-state index in [0.717, 1.165) is 46.3 Å². The number of thioether (sulfide) groups is 1. The first kappa shape index (κ1) is 26.5. The van der Waals surface area contributed by atoms with Crippen LogP contribution in [0.3, 0.4) is 0 Å². The number of benzene rings is 3. The Labute approximate surface area is 243 Å². The summed E-state index contributed by atoms with van der Waals surface area (Å²) in [6.07, 6.45) is 7.46. The maximum atomic E-state index is 14.3. The minimum atomic E-state index is 0.117. The molecule has 200 valence electrons. The fraction of sp³-hybridized carbons (Fsp3) is 0.200. The molecule has 0 amide bonds. The standard InChI is InChI=1S/C35H33N2OS2/c1-2-28-20-21-29-17-9-10-19-31(29)39-33(28)34-35(38)37(25-27-15-7-4-8-16-27)32(40-34)23-30-18-11-12-22-36(30)24-26-13-5-3-6-14-26/h3-19,22-23,28H,2,20-21,24-25H2,1H3/q+1.